The average molecular weight is 211 g/mol. The van der Waals surface area contributed by atoms with Crippen LogP contribution >= 0.6 is 11.8 Å². The summed E-state index contributed by atoms with van der Waals surface area (Å²) in [4.78, 5) is 15.2. The molecule has 78 valence electrons. The van der Waals surface area contributed by atoms with Crippen molar-refractivity contribution in [2.24, 2.45) is 4.99 Å². The lowest BCUT2D eigenvalue weighted by Gasteiger charge is -1.99. The number of hydrogen-bond acceptors (Lipinski definition) is 3. The highest BCUT2D eigenvalue weighted by Gasteiger charge is 1.99. The number of nitrogens with zero attached hydrogens (tertiary/aromatic N) is 1. The van der Waals surface area contributed by atoms with Crippen LogP contribution < -0.4 is 0 Å². The minimum absolute atomic E-state index is 0.144. The highest BCUT2D eigenvalue weighted by molar-refractivity contribution is 8.16. The Morgan fingerprint density at radius 1 is 1.36 bits per heavy atom. The van der Waals surface area contributed by atoms with Crippen LogP contribution in [0.25, 0.3) is 0 Å². The molecule has 0 aliphatic rings. The van der Waals surface area contributed by atoms with E-state index in [1.54, 1.807) is 18.7 Å². The summed E-state index contributed by atoms with van der Waals surface area (Å²) < 4.78 is 0. The summed E-state index contributed by atoms with van der Waals surface area (Å²) in [6.45, 7) is 7.38. The van der Waals surface area contributed by atoms with Crippen LogP contribution in [0.15, 0.2) is 28.2 Å². The summed E-state index contributed by atoms with van der Waals surface area (Å²) in [5.74, 6) is 0.144. The normalized spacial score (nSPS) is 13.7. The van der Waals surface area contributed by atoms with Gasteiger partial charge in [-0.25, -0.2) is 0 Å². The van der Waals surface area contributed by atoms with E-state index < -0.39 is 0 Å². The molecule has 0 rings (SSSR count). The van der Waals surface area contributed by atoms with E-state index in [-0.39, 0.29) is 5.78 Å². The molecule has 0 amide bonds. The molecule has 14 heavy (non-hydrogen) atoms. The van der Waals surface area contributed by atoms with Crippen LogP contribution in [0.3, 0.4) is 0 Å². The van der Waals surface area contributed by atoms with Crippen LogP contribution in [-0.4, -0.2) is 10.8 Å². The number of aliphatic imine (C=N–C) groups is 1. The Bertz CT molecular complexity index is 277. The van der Waals surface area contributed by atoms with Gasteiger partial charge in [-0.1, -0.05) is 23.9 Å². The summed E-state index contributed by atoms with van der Waals surface area (Å²) in [6, 6.07) is 0. The quantitative estimate of drug-likeness (QED) is 0.525. The molecule has 0 N–H and O–H groups in total. The molecule has 0 saturated carbocycles. The summed E-state index contributed by atoms with van der Waals surface area (Å²) in [5.41, 5.74) is 0.840. The molecule has 0 saturated heterocycles. The SMILES string of the molecule is C/C=C\SC(C)=N/C(=C\C)CC(C)=O. The Morgan fingerprint density at radius 3 is 2.43 bits per heavy atom. The average Bonchev–Trinajstić information content (AvgIpc) is 2.12. The van der Waals surface area contributed by atoms with Crippen molar-refractivity contribution in [2.45, 2.75) is 34.1 Å². The smallest absolute Gasteiger partial charge is 0.135 e. The maximum absolute atomic E-state index is 10.9. The molecular formula is C11H17NOS. The number of allylic oxidation sites excluding steroid dienone is 3. The lowest BCUT2D eigenvalue weighted by molar-refractivity contribution is -0.116. The standard InChI is InChI=1S/C11H17NOS/c1-5-7-14-10(4)12-11(6-2)8-9(3)13/h5-7H,8H2,1-4H3/b7-5-,11-6-,12-10?. The number of carbonyl (C=O) groups is 1. The lowest BCUT2D eigenvalue weighted by atomic mass is 10.2. The van der Waals surface area contributed by atoms with Crippen LogP contribution in [-0.2, 0) is 4.79 Å². The number of rotatable bonds is 4. The van der Waals surface area contributed by atoms with Gasteiger partial charge in [0.15, 0.2) is 0 Å². The van der Waals surface area contributed by atoms with Gasteiger partial charge < -0.3 is 0 Å². The van der Waals surface area contributed by atoms with E-state index >= 15 is 0 Å². The van der Waals surface area contributed by atoms with E-state index in [1.165, 1.54) is 0 Å². The molecule has 0 heterocycles. The molecule has 0 atom stereocenters. The fourth-order valence-corrected chi connectivity index (χ4v) is 1.36. The van der Waals surface area contributed by atoms with Crippen molar-refractivity contribution in [3.05, 3.63) is 23.3 Å². The third-order valence-corrected chi connectivity index (χ3v) is 2.28. The van der Waals surface area contributed by atoms with E-state index in [1.807, 2.05) is 38.3 Å². The predicted molar refractivity (Wildman–Crippen MR) is 64.6 cm³/mol. The minimum atomic E-state index is 0.144. The Labute approximate surface area is 90.2 Å². The van der Waals surface area contributed by atoms with E-state index in [9.17, 15) is 4.79 Å². The first kappa shape index (κ1) is 13.2. The molecule has 0 aliphatic carbocycles. The molecule has 0 radical (unpaired) electrons. The first-order valence-corrected chi connectivity index (χ1v) is 5.45. The summed E-state index contributed by atoms with van der Waals surface area (Å²) in [5, 5.41) is 2.93. The van der Waals surface area contributed by atoms with Crippen LogP contribution in [0.2, 0.25) is 0 Å². The minimum Gasteiger partial charge on any atom is -0.300 e. The van der Waals surface area contributed by atoms with Gasteiger partial charge in [-0.3, -0.25) is 9.79 Å². The van der Waals surface area contributed by atoms with E-state index in [0.29, 0.717) is 6.42 Å². The second kappa shape index (κ2) is 7.56. The third kappa shape index (κ3) is 6.66. The highest BCUT2D eigenvalue weighted by atomic mass is 32.2. The molecule has 0 unspecified atom stereocenters. The zero-order chi connectivity index (χ0) is 11.0. The van der Waals surface area contributed by atoms with Crippen molar-refractivity contribution in [3.8, 4) is 0 Å². The topological polar surface area (TPSA) is 29.4 Å². The molecule has 0 aliphatic heterocycles. The van der Waals surface area contributed by atoms with Crippen molar-refractivity contribution in [2.75, 3.05) is 0 Å². The fraction of sp³-hybridized carbons (Fsp3) is 0.455. The second-order valence-electron chi connectivity index (χ2n) is 2.88. The largest absolute Gasteiger partial charge is 0.300 e. The third-order valence-electron chi connectivity index (χ3n) is 1.44. The first-order valence-electron chi connectivity index (χ1n) is 4.57. The number of ketones is 1. The summed E-state index contributed by atoms with van der Waals surface area (Å²) in [6.07, 6.45) is 4.26. The van der Waals surface area contributed by atoms with Crippen molar-refractivity contribution in [1.29, 1.82) is 0 Å². The molecule has 0 fully saturated rings. The van der Waals surface area contributed by atoms with Gasteiger partial charge in [-0.2, -0.15) is 0 Å². The summed E-state index contributed by atoms with van der Waals surface area (Å²) in [7, 11) is 0. The number of hydrogen-bond donors (Lipinski definition) is 0. The molecule has 3 heteroatoms. The number of carbonyl (C=O) groups excluding carboxylic acids is 1. The van der Waals surface area contributed by atoms with Crippen LogP contribution in [0.5, 0.6) is 0 Å². The fourth-order valence-electron chi connectivity index (χ4n) is 0.856. The maximum atomic E-state index is 10.9. The van der Waals surface area contributed by atoms with Gasteiger partial charge in [0.05, 0.1) is 5.04 Å². The van der Waals surface area contributed by atoms with Gasteiger partial charge >= 0.3 is 0 Å². The Balaban J connectivity index is 4.35. The summed E-state index contributed by atoms with van der Waals surface area (Å²) >= 11 is 1.56. The van der Waals surface area contributed by atoms with Gasteiger partial charge in [-0.15, -0.1) is 0 Å². The molecule has 2 nitrogen and oxygen atoms in total. The molecule has 0 bridgehead atoms. The Morgan fingerprint density at radius 2 is 2.00 bits per heavy atom. The Kier molecular flexibility index (Phi) is 7.11. The lowest BCUT2D eigenvalue weighted by Crippen LogP contribution is -1.93. The Hall–Kier alpha value is -0.830. The second-order valence-corrected chi connectivity index (χ2v) is 3.98. The zero-order valence-electron chi connectivity index (χ0n) is 9.20. The van der Waals surface area contributed by atoms with Crippen molar-refractivity contribution in [3.63, 3.8) is 0 Å². The maximum Gasteiger partial charge on any atom is 0.135 e. The molecule has 0 spiro atoms. The molecular weight excluding hydrogens is 194 g/mol. The van der Waals surface area contributed by atoms with Gasteiger partial charge in [-0.05, 0) is 33.1 Å². The predicted octanol–water partition coefficient (Wildman–Crippen LogP) is 3.55. The van der Waals surface area contributed by atoms with Crippen LogP contribution in [0.1, 0.15) is 34.1 Å². The van der Waals surface area contributed by atoms with Gasteiger partial charge in [0.25, 0.3) is 0 Å². The van der Waals surface area contributed by atoms with Crippen molar-refractivity contribution >= 4 is 22.6 Å². The monoisotopic (exact) mass is 211 g/mol. The molecule has 0 aromatic carbocycles. The van der Waals surface area contributed by atoms with Gasteiger partial charge in [0.1, 0.15) is 5.78 Å². The zero-order valence-corrected chi connectivity index (χ0v) is 10.0. The molecule has 0 aromatic heterocycles. The van der Waals surface area contributed by atoms with Crippen molar-refractivity contribution < 1.29 is 4.79 Å². The van der Waals surface area contributed by atoms with Crippen LogP contribution in [0.4, 0.5) is 0 Å². The first-order chi connectivity index (χ1) is 6.60. The van der Waals surface area contributed by atoms with Gasteiger partial charge in [0.2, 0.25) is 0 Å². The van der Waals surface area contributed by atoms with E-state index in [2.05, 4.69) is 4.99 Å². The number of thioether (sulfide) groups is 1. The molecule has 0 aromatic rings. The van der Waals surface area contributed by atoms with Crippen LogP contribution in [0, 0.1) is 0 Å². The van der Waals surface area contributed by atoms with Gasteiger partial charge in [0, 0.05) is 12.1 Å². The highest BCUT2D eigenvalue weighted by Crippen LogP contribution is 2.11. The van der Waals surface area contributed by atoms with E-state index in [0.717, 1.165) is 10.7 Å². The number of Topliss-reactive ketones (excluding diaryl/α,β-unsaturated/α-hetero) is 1. The van der Waals surface area contributed by atoms with Crippen molar-refractivity contribution in [1.82, 2.24) is 0 Å². The van der Waals surface area contributed by atoms with E-state index in [4.69, 9.17) is 0 Å².